The van der Waals surface area contributed by atoms with Gasteiger partial charge in [0.1, 0.15) is 5.75 Å². The summed E-state index contributed by atoms with van der Waals surface area (Å²) in [5.74, 6) is 0.449. The monoisotopic (exact) mass is 348 g/mol. The van der Waals surface area contributed by atoms with Crippen molar-refractivity contribution in [1.29, 1.82) is 0 Å². The van der Waals surface area contributed by atoms with Crippen LogP contribution < -0.4 is 15.2 Å². The minimum absolute atomic E-state index is 0.0756. The second-order valence-electron chi connectivity index (χ2n) is 5.38. The van der Waals surface area contributed by atoms with E-state index in [-0.39, 0.29) is 10.8 Å². The van der Waals surface area contributed by atoms with E-state index >= 15 is 0 Å². The first kappa shape index (κ1) is 18.0. The highest BCUT2D eigenvalue weighted by molar-refractivity contribution is 7.89. The van der Waals surface area contributed by atoms with Gasteiger partial charge in [0.15, 0.2) is 0 Å². The first-order valence-corrected chi connectivity index (χ1v) is 8.90. The molecule has 0 fully saturated rings. The van der Waals surface area contributed by atoms with Crippen molar-refractivity contribution in [2.24, 2.45) is 5.14 Å². The van der Waals surface area contributed by atoms with Crippen molar-refractivity contribution in [3.05, 3.63) is 59.2 Å². The van der Waals surface area contributed by atoms with Crippen molar-refractivity contribution in [2.75, 3.05) is 13.7 Å². The van der Waals surface area contributed by atoms with Crippen LogP contribution in [0.1, 0.15) is 21.5 Å². The number of hydrogen-bond acceptors (Lipinski definition) is 4. The third kappa shape index (κ3) is 4.56. The van der Waals surface area contributed by atoms with Gasteiger partial charge in [0.25, 0.3) is 5.91 Å². The molecule has 0 radical (unpaired) electrons. The van der Waals surface area contributed by atoms with Crippen LogP contribution in [-0.4, -0.2) is 28.0 Å². The number of aryl methyl sites for hydroxylation is 1. The Kier molecular flexibility index (Phi) is 5.58. The average molecular weight is 348 g/mol. The topological polar surface area (TPSA) is 98.5 Å². The number of carbonyl (C=O) groups is 1. The third-order valence-electron chi connectivity index (χ3n) is 3.64. The Morgan fingerprint density at radius 3 is 2.42 bits per heavy atom. The van der Waals surface area contributed by atoms with Crippen LogP contribution in [0.25, 0.3) is 0 Å². The molecule has 1 amide bonds. The molecule has 0 saturated heterocycles. The summed E-state index contributed by atoms with van der Waals surface area (Å²) in [7, 11) is -2.23. The normalized spacial score (nSPS) is 11.1. The predicted molar refractivity (Wildman–Crippen MR) is 91.6 cm³/mol. The zero-order valence-corrected chi connectivity index (χ0v) is 14.4. The van der Waals surface area contributed by atoms with Crippen LogP contribution in [0.4, 0.5) is 0 Å². The van der Waals surface area contributed by atoms with Crippen molar-refractivity contribution in [1.82, 2.24) is 5.32 Å². The van der Waals surface area contributed by atoms with Crippen molar-refractivity contribution in [3.8, 4) is 5.75 Å². The van der Waals surface area contributed by atoms with Crippen LogP contribution in [0.15, 0.2) is 47.4 Å². The number of carbonyl (C=O) groups excluding carboxylic acids is 1. The van der Waals surface area contributed by atoms with Crippen LogP contribution in [0.3, 0.4) is 0 Å². The van der Waals surface area contributed by atoms with Crippen molar-refractivity contribution in [2.45, 2.75) is 18.2 Å². The molecule has 0 aliphatic heterocycles. The molecule has 2 aromatic carbocycles. The van der Waals surface area contributed by atoms with Gasteiger partial charge in [-0.2, -0.15) is 0 Å². The lowest BCUT2D eigenvalue weighted by molar-refractivity contribution is 0.0953. The Balaban J connectivity index is 2.01. The van der Waals surface area contributed by atoms with Gasteiger partial charge in [-0.05, 0) is 48.7 Å². The molecule has 0 unspecified atom stereocenters. The number of methoxy groups -OCH3 is 1. The Hall–Kier alpha value is -2.38. The average Bonchev–Trinajstić information content (AvgIpc) is 2.54. The maximum absolute atomic E-state index is 12.3. The highest BCUT2D eigenvalue weighted by Crippen LogP contribution is 2.15. The number of sulfonamides is 1. The van der Waals surface area contributed by atoms with Crippen LogP contribution in [0.2, 0.25) is 0 Å². The van der Waals surface area contributed by atoms with E-state index in [0.29, 0.717) is 24.1 Å². The van der Waals surface area contributed by atoms with Gasteiger partial charge in [-0.1, -0.05) is 18.2 Å². The van der Waals surface area contributed by atoms with Gasteiger partial charge in [0, 0.05) is 12.1 Å². The van der Waals surface area contributed by atoms with E-state index in [9.17, 15) is 13.2 Å². The molecule has 0 aliphatic carbocycles. The Morgan fingerprint density at radius 2 is 1.83 bits per heavy atom. The highest BCUT2D eigenvalue weighted by Gasteiger charge is 2.14. The number of primary sulfonamides is 1. The summed E-state index contributed by atoms with van der Waals surface area (Å²) in [6.07, 6.45) is 0.656. The van der Waals surface area contributed by atoms with E-state index in [1.54, 1.807) is 20.1 Å². The minimum Gasteiger partial charge on any atom is -0.497 e. The van der Waals surface area contributed by atoms with Crippen molar-refractivity contribution < 1.29 is 17.9 Å². The number of nitrogens with two attached hydrogens (primary N) is 1. The van der Waals surface area contributed by atoms with Gasteiger partial charge in [0.2, 0.25) is 10.0 Å². The largest absolute Gasteiger partial charge is 0.497 e. The predicted octanol–water partition coefficient (Wildman–Crippen LogP) is 1.62. The molecule has 0 aromatic heterocycles. The maximum atomic E-state index is 12.3. The van der Waals surface area contributed by atoms with E-state index in [1.807, 2.05) is 24.3 Å². The molecule has 2 rings (SSSR count). The van der Waals surface area contributed by atoms with E-state index in [0.717, 1.165) is 11.3 Å². The third-order valence-corrected chi connectivity index (χ3v) is 4.55. The SMILES string of the molecule is COc1ccc(CCNC(=O)c2cc(S(N)(=O)=O)ccc2C)cc1. The number of benzene rings is 2. The molecule has 3 N–H and O–H groups in total. The van der Waals surface area contributed by atoms with Crippen molar-refractivity contribution in [3.63, 3.8) is 0 Å². The first-order chi connectivity index (χ1) is 11.3. The van der Waals surface area contributed by atoms with E-state index < -0.39 is 10.0 Å². The van der Waals surface area contributed by atoms with Gasteiger partial charge in [0.05, 0.1) is 12.0 Å². The fraction of sp³-hybridized carbons (Fsp3) is 0.235. The summed E-state index contributed by atoms with van der Waals surface area (Å²) >= 11 is 0. The summed E-state index contributed by atoms with van der Waals surface area (Å²) < 4.78 is 27.9. The quantitative estimate of drug-likeness (QED) is 0.829. The zero-order valence-electron chi connectivity index (χ0n) is 13.6. The number of hydrogen-bond donors (Lipinski definition) is 2. The molecular weight excluding hydrogens is 328 g/mol. The molecule has 0 spiro atoms. The second kappa shape index (κ2) is 7.46. The lowest BCUT2D eigenvalue weighted by atomic mass is 10.1. The summed E-state index contributed by atoms with van der Waals surface area (Å²) in [5.41, 5.74) is 2.05. The fourth-order valence-electron chi connectivity index (χ4n) is 2.23. The molecule has 0 atom stereocenters. The molecule has 0 saturated carbocycles. The van der Waals surface area contributed by atoms with Crippen LogP contribution >= 0.6 is 0 Å². The fourth-order valence-corrected chi connectivity index (χ4v) is 2.77. The first-order valence-electron chi connectivity index (χ1n) is 7.36. The van der Waals surface area contributed by atoms with Gasteiger partial charge in [-0.25, -0.2) is 13.6 Å². The molecule has 0 aliphatic rings. The molecule has 128 valence electrons. The molecule has 6 nitrogen and oxygen atoms in total. The minimum atomic E-state index is -3.84. The molecule has 24 heavy (non-hydrogen) atoms. The van der Waals surface area contributed by atoms with Gasteiger partial charge < -0.3 is 10.1 Å². The van der Waals surface area contributed by atoms with Crippen LogP contribution in [0.5, 0.6) is 5.75 Å². The Labute approximate surface area is 141 Å². The van der Waals surface area contributed by atoms with E-state index in [4.69, 9.17) is 9.88 Å². The number of nitrogens with one attached hydrogen (secondary N) is 1. The standard InChI is InChI=1S/C17H20N2O4S/c1-12-3-8-15(24(18,21)22)11-16(12)17(20)19-10-9-13-4-6-14(23-2)7-5-13/h3-8,11H,9-10H2,1-2H3,(H,19,20)(H2,18,21,22). The Morgan fingerprint density at radius 1 is 1.17 bits per heavy atom. The number of ether oxygens (including phenoxy) is 1. The second-order valence-corrected chi connectivity index (χ2v) is 6.94. The van der Waals surface area contributed by atoms with Crippen molar-refractivity contribution >= 4 is 15.9 Å². The van der Waals surface area contributed by atoms with Crippen LogP contribution in [-0.2, 0) is 16.4 Å². The van der Waals surface area contributed by atoms with E-state index in [1.165, 1.54) is 12.1 Å². The maximum Gasteiger partial charge on any atom is 0.251 e. The van der Waals surface area contributed by atoms with Gasteiger partial charge >= 0.3 is 0 Å². The van der Waals surface area contributed by atoms with Gasteiger partial charge in [-0.15, -0.1) is 0 Å². The highest BCUT2D eigenvalue weighted by atomic mass is 32.2. The summed E-state index contributed by atoms with van der Waals surface area (Å²) in [6.45, 7) is 2.18. The number of amides is 1. The molecule has 2 aromatic rings. The summed E-state index contributed by atoms with van der Waals surface area (Å²) in [5, 5.41) is 7.90. The lowest BCUT2D eigenvalue weighted by Crippen LogP contribution is -2.27. The van der Waals surface area contributed by atoms with Crippen LogP contribution in [0, 0.1) is 6.92 Å². The summed E-state index contributed by atoms with van der Waals surface area (Å²) in [4.78, 5) is 12.2. The zero-order chi connectivity index (χ0) is 17.7. The Bertz CT molecular complexity index is 830. The van der Waals surface area contributed by atoms with Gasteiger partial charge in [-0.3, -0.25) is 4.79 Å². The number of rotatable bonds is 6. The molecule has 7 heteroatoms. The summed E-state index contributed by atoms with van der Waals surface area (Å²) in [6, 6.07) is 11.8. The van der Waals surface area contributed by atoms with E-state index in [2.05, 4.69) is 5.32 Å². The molecular formula is C17H20N2O4S. The smallest absolute Gasteiger partial charge is 0.251 e. The molecule has 0 bridgehead atoms. The lowest BCUT2D eigenvalue weighted by Gasteiger charge is -2.09. The molecule has 0 heterocycles.